The van der Waals surface area contributed by atoms with Crippen LogP contribution in [0.3, 0.4) is 0 Å². The fourth-order valence-corrected chi connectivity index (χ4v) is 4.52. The van der Waals surface area contributed by atoms with Gasteiger partial charge in [-0.2, -0.15) is 5.10 Å². The third-order valence-electron chi connectivity index (χ3n) is 4.06. The number of aromatic nitrogens is 2. The smallest absolute Gasteiger partial charge is 0.246 e. The third-order valence-corrected chi connectivity index (χ3v) is 6.09. The number of H-pyrrole nitrogens is 1. The molecule has 114 valence electrons. The Labute approximate surface area is 120 Å². The summed E-state index contributed by atoms with van der Waals surface area (Å²) < 4.78 is 26.8. The quantitative estimate of drug-likeness (QED) is 0.859. The third kappa shape index (κ3) is 3.05. The molecule has 7 heteroatoms. The van der Waals surface area contributed by atoms with Gasteiger partial charge in [-0.1, -0.05) is 19.3 Å². The van der Waals surface area contributed by atoms with Gasteiger partial charge in [0.05, 0.1) is 11.4 Å². The van der Waals surface area contributed by atoms with Crippen LogP contribution >= 0.6 is 0 Å². The molecule has 1 heterocycles. The first kappa shape index (κ1) is 15.5. The van der Waals surface area contributed by atoms with Gasteiger partial charge in [0.1, 0.15) is 4.90 Å². The molecule has 0 saturated heterocycles. The highest BCUT2D eigenvalue weighted by atomic mass is 32.2. The lowest BCUT2D eigenvalue weighted by Crippen LogP contribution is -2.33. The zero-order chi connectivity index (χ0) is 14.8. The minimum absolute atomic E-state index is 0.121. The normalized spacial score (nSPS) is 17.8. The van der Waals surface area contributed by atoms with Crippen molar-refractivity contribution >= 4 is 10.0 Å². The van der Waals surface area contributed by atoms with Crippen molar-refractivity contribution in [3.05, 3.63) is 11.4 Å². The van der Waals surface area contributed by atoms with Gasteiger partial charge in [-0.05, 0) is 25.7 Å². The van der Waals surface area contributed by atoms with Crippen molar-refractivity contribution in [3.63, 3.8) is 0 Å². The minimum Gasteiger partial charge on any atom is -0.325 e. The van der Waals surface area contributed by atoms with E-state index in [1.165, 1.54) is 23.6 Å². The van der Waals surface area contributed by atoms with E-state index in [4.69, 9.17) is 5.73 Å². The summed E-state index contributed by atoms with van der Waals surface area (Å²) in [5, 5.41) is 6.69. The topological polar surface area (TPSA) is 92.1 Å². The Morgan fingerprint density at radius 1 is 1.35 bits per heavy atom. The second-order valence-corrected chi connectivity index (χ2v) is 7.60. The van der Waals surface area contributed by atoms with Crippen LogP contribution in [0.5, 0.6) is 0 Å². The van der Waals surface area contributed by atoms with Crippen molar-refractivity contribution in [2.45, 2.75) is 50.5 Å². The van der Waals surface area contributed by atoms with Crippen LogP contribution in [0.4, 0.5) is 0 Å². The number of hydrogen-bond donors (Lipinski definition) is 2. The van der Waals surface area contributed by atoms with Gasteiger partial charge in [0.25, 0.3) is 0 Å². The van der Waals surface area contributed by atoms with E-state index in [-0.39, 0.29) is 11.4 Å². The van der Waals surface area contributed by atoms with Crippen LogP contribution in [-0.2, 0) is 16.6 Å². The van der Waals surface area contributed by atoms with E-state index in [0.29, 0.717) is 23.9 Å². The van der Waals surface area contributed by atoms with E-state index in [0.717, 1.165) is 12.8 Å². The van der Waals surface area contributed by atoms with Crippen molar-refractivity contribution in [2.24, 2.45) is 11.7 Å². The Morgan fingerprint density at radius 2 is 2.00 bits per heavy atom. The standard InChI is InChI=1S/C13H24N4O2S/c1-10-13(12(8-14)16-15-10)20(18,19)17(2)9-11-6-4-3-5-7-11/h11H,3-9,14H2,1-2H3,(H,15,16). The molecular formula is C13H24N4O2S. The van der Waals surface area contributed by atoms with Crippen molar-refractivity contribution in [2.75, 3.05) is 13.6 Å². The molecule has 6 nitrogen and oxygen atoms in total. The molecule has 0 unspecified atom stereocenters. The summed E-state index contributed by atoms with van der Waals surface area (Å²) >= 11 is 0. The SMILES string of the molecule is Cc1[nH]nc(CN)c1S(=O)(=O)N(C)CC1CCCCC1. The molecule has 1 aliphatic carbocycles. The second kappa shape index (κ2) is 6.24. The van der Waals surface area contributed by atoms with Crippen LogP contribution in [0.25, 0.3) is 0 Å². The molecule has 0 radical (unpaired) electrons. The maximum atomic E-state index is 12.7. The van der Waals surface area contributed by atoms with E-state index >= 15 is 0 Å². The van der Waals surface area contributed by atoms with E-state index in [1.807, 2.05) is 0 Å². The van der Waals surface area contributed by atoms with Crippen molar-refractivity contribution < 1.29 is 8.42 Å². The summed E-state index contributed by atoms with van der Waals surface area (Å²) in [4.78, 5) is 0.248. The first-order valence-electron chi connectivity index (χ1n) is 7.17. The van der Waals surface area contributed by atoms with Gasteiger partial charge < -0.3 is 5.73 Å². The molecule has 3 N–H and O–H groups in total. The fraction of sp³-hybridized carbons (Fsp3) is 0.769. The van der Waals surface area contributed by atoms with Crippen LogP contribution in [0.2, 0.25) is 0 Å². The van der Waals surface area contributed by atoms with Gasteiger partial charge in [0.2, 0.25) is 10.0 Å². The van der Waals surface area contributed by atoms with Crippen LogP contribution in [0.15, 0.2) is 4.90 Å². The fourth-order valence-electron chi connectivity index (χ4n) is 2.94. The van der Waals surface area contributed by atoms with Gasteiger partial charge in [-0.15, -0.1) is 0 Å². The van der Waals surface area contributed by atoms with Gasteiger partial charge in [-0.3, -0.25) is 5.10 Å². The summed E-state index contributed by atoms with van der Waals surface area (Å²) in [5.74, 6) is 0.469. The van der Waals surface area contributed by atoms with Crippen LogP contribution in [-0.4, -0.2) is 36.5 Å². The van der Waals surface area contributed by atoms with Crippen molar-refractivity contribution in [3.8, 4) is 0 Å². The molecule has 1 aromatic heterocycles. The minimum atomic E-state index is -3.51. The molecule has 20 heavy (non-hydrogen) atoms. The summed E-state index contributed by atoms with van der Waals surface area (Å²) in [6.45, 7) is 2.42. The summed E-state index contributed by atoms with van der Waals surface area (Å²) in [5.41, 5.74) is 6.55. The van der Waals surface area contributed by atoms with Crippen LogP contribution in [0, 0.1) is 12.8 Å². The van der Waals surface area contributed by atoms with E-state index < -0.39 is 10.0 Å². The van der Waals surface area contributed by atoms with Crippen molar-refractivity contribution in [1.82, 2.24) is 14.5 Å². The predicted octanol–water partition coefficient (Wildman–Crippen LogP) is 1.38. The van der Waals surface area contributed by atoms with E-state index in [1.54, 1.807) is 14.0 Å². The molecule has 0 atom stereocenters. The number of aromatic amines is 1. The molecule has 0 aromatic carbocycles. The van der Waals surface area contributed by atoms with E-state index in [2.05, 4.69) is 10.2 Å². The lowest BCUT2D eigenvalue weighted by molar-refractivity contribution is 0.300. The highest BCUT2D eigenvalue weighted by molar-refractivity contribution is 7.89. The summed E-state index contributed by atoms with van der Waals surface area (Å²) in [7, 11) is -1.86. The number of sulfonamides is 1. The zero-order valence-corrected chi connectivity index (χ0v) is 13.0. The maximum Gasteiger partial charge on any atom is 0.246 e. The number of nitrogens with one attached hydrogen (secondary N) is 1. The molecule has 0 bridgehead atoms. The van der Waals surface area contributed by atoms with Crippen LogP contribution < -0.4 is 5.73 Å². The Hall–Kier alpha value is -0.920. The largest absolute Gasteiger partial charge is 0.325 e. The molecule has 0 aliphatic heterocycles. The average Bonchev–Trinajstić information content (AvgIpc) is 2.81. The predicted molar refractivity (Wildman–Crippen MR) is 77.6 cm³/mol. The Balaban J connectivity index is 2.18. The Bertz CT molecular complexity index is 547. The van der Waals surface area contributed by atoms with Crippen LogP contribution in [0.1, 0.15) is 43.5 Å². The molecule has 0 amide bonds. The maximum absolute atomic E-state index is 12.7. The van der Waals surface area contributed by atoms with Gasteiger partial charge in [0, 0.05) is 20.1 Å². The molecule has 0 spiro atoms. The first-order chi connectivity index (χ1) is 9.46. The van der Waals surface area contributed by atoms with E-state index in [9.17, 15) is 8.42 Å². The number of nitrogens with zero attached hydrogens (tertiary/aromatic N) is 2. The van der Waals surface area contributed by atoms with Gasteiger partial charge in [-0.25, -0.2) is 12.7 Å². The molecule has 1 saturated carbocycles. The van der Waals surface area contributed by atoms with Gasteiger partial charge >= 0.3 is 0 Å². The molecule has 1 aliphatic rings. The number of hydrogen-bond acceptors (Lipinski definition) is 4. The number of aryl methyl sites for hydroxylation is 1. The Kier molecular flexibility index (Phi) is 4.82. The zero-order valence-electron chi connectivity index (χ0n) is 12.2. The molecule has 1 fully saturated rings. The summed E-state index contributed by atoms with van der Waals surface area (Å²) in [6, 6.07) is 0. The lowest BCUT2D eigenvalue weighted by atomic mass is 9.89. The molecular weight excluding hydrogens is 276 g/mol. The molecule has 2 rings (SSSR count). The van der Waals surface area contributed by atoms with Gasteiger partial charge in [0.15, 0.2) is 0 Å². The Morgan fingerprint density at radius 3 is 2.60 bits per heavy atom. The highest BCUT2D eigenvalue weighted by Gasteiger charge is 2.29. The lowest BCUT2D eigenvalue weighted by Gasteiger charge is -2.26. The summed E-state index contributed by atoms with van der Waals surface area (Å²) in [6.07, 6.45) is 5.92. The number of rotatable bonds is 5. The second-order valence-electron chi connectivity index (χ2n) is 5.62. The monoisotopic (exact) mass is 300 g/mol. The number of nitrogens with two attached hydrogens (primary N) is 1. The first-order valence-corrected chi connectivity index (χ1v) is 8.61. The molecule has 1 aromatic rings. The highest BCUT2D eigenvalue weighted by Crippen LogP contribution is 2.27. The average molecular weight is 300 g/mol. The van der Waals surface area contributed by atoms with Crippen molar-refractivity contribution in [1.29, 1.82) is 0 Å².